The molecule has 6 nitrogen and oxygen atoms in total. The standard InChI is InChI=1S/C20H27FN4O2/c1-14-3-4-16(13-17(14)21)20-23-19(27-24-20)6-5-18(26)22-10-7-15-8-11-25(2)12-9-15/h3-4,13,15H,5-12H2,1-2H3,(H,22,26). The van der Waals surface area contributed by atoms with Crippen LogP contribution in [0, 0.1) is 18.7 Å². The van der Waals surface area contributed by atoms with Crippen molar-refractivity contribution in [2.24, 2.45) is 5.92 Å². The molecule has 0 unspecified atom stereocenters. The van der Waals surface area contributed by atoms with E-state index in [1.165, 1.54) is 18.9 Å². The van der Waals surface area contributed by atoms with Crippen LogP contribution in [0.3, 0.4) is 0 Å². The molecule has 1 fully saturated rings. The summed E-state index contributed by atoms with van der Waals surface area (Å²) in [6.45, 7) is 4.70. The summed E-state index contributed by atoms with van der Waals surface area (Å²) in [6, 6.07) is 4.82. The highest BCUT2D eigenvalue weighted by Gasteiger charge is 2.17. The third-order valence-corrected chi connectivity index (χ3v) is 5.18. The second kappa shape index (κ2) is 9.08. The first-order valence-corrected chi connectivity index (χ1v) is 9.55. The van der Waals surface area contributed by atoms with Crippen LogP contribution in [0.5, 0.6) is 0 Å². The molecular formula is C20H27FN4O2. The van der Waals surface area contributed by atoms with Gasteiger partial charge in [-0.2, -0.15) is 4.98 Å². The van der Waals surface area contributed by atoms with Crippen molar-refractivity contribution < 1.29 is 13.7 Å². The highest BCUT2D eigenvalue weighted by atomic mass is 19.1. The molecule has 0 aliphatic carbocycles. The minimum absolute atomic E-state index is 0.0101. The summed E-state index contributed by atoms with van der Waals surface area (Å²) in [5.41, 5.74) is 1.13. The molecule has 1 saturated heterocycles. The summed E-state index contributed by atoms with van der Waals surface area (Å²) < 4.78 is 18.8. The first-order chi connectivity index (χ1) is 13.0. The molecule has 1 aromatic heterocycles. The number of piperidine rings is 1. The number of rotatable bonds is 7. The van der Waals surface area contributed by atoms with Crippen LogP contribution < -0.4 is 5.32 Å². The lowest BCUT2D eigenvalue weighted by Crippen LogP contribution is -2.32. The van der Waals surface area contributed by atoms with E-state index in [1.54, 1.807) is 19.1 Å². The van der Waals surface area contributed by atoms with Crippen LogP contribution in [0.25, 0.3) is 11.4 Å². The van der Waals surface area contributed by atoms with Crippen molar-refractivity contribution in [3.8, 4) is 11.4 Å². The molecule has 1 aliphatic rings. The molecule has 1 amide bonds. The van der Waals surface area contributed by atoms with Gasteiger partial charge in [-0.3, -0.25) is 4.79 Å². The molecule has 2 heterocycles. The smallest absolute Gasteiger partial charge is 0.227 e. The third kappa shape index (κ3) is 5.60. The Labute approximate surface area is 159 Å². The van der Waals surface area contributed by atoms with Crippen LogP contribution in [0.1, 0.15) is 37.1 Å². The molecule has 0 spiro atoms. The number of amides is 1. The van der Waals surface area contributed by atoms with E-state index in [2.05, 4.69) is 27.4 Å². The van der Waals surface area contributed by atoms with Gasteiger partial charge < -0.3 is 14.7 Å². The summed E-state index contributed by atoms with van der Waals surface area (Å²) in [5.74, 6) is 1.12. The Morgan fingerprint density at radius 1 is 1.37 bits per heavy atom. The molecule has 1 N–H and O–H groups in total. The van der Waals surface area contributed by atoms with Gasteiger partial charge in [0.15, 0.2) is 0 Å². The Bertz CT molecular complexity index is 769. The van der Waals surface area contributed by atoms with Gasteiger partial charge in [0, 0.05) is 24.9 Å². The van der Waals surface area contributed by atoms with Crippen molar-refractivity contribution in [1.29, 1.82) is 0 Å². The van der Waals surface area contributed by atoms with Crippen molar-refractivity contribution in [2.45, 2.75) is 39.0 Å². The van der Waals surface area contributed by atoms with Gasteiger partial charge in [0.05, 0.1) is 0 Å². The summed E-state index contributed by atoms with van der Waals surface area (Å²) >= 11 is 0. The zero-order valence-corrected chi connectivity index (χ0v) is 16.0. The van der Waals surface area contributed by atoms with Crippen LogP contribution in [-0.4, -0.2) is 47.6 Å². The maximum atomic E-state index is 13.7. The van der Waals surface area contributed by atoms with Gasteiger partial charge in [0.2, 0.25) is 17.6 Å². The highest BCUT2D eigenvalue weighted by Crippen LogP contribution is 2.20. The lowest BCUT2D eigenvalue weighted by molar-refractivity contribution is -0.121. The molecule has 1 aromatic carbocycles. The van der Waals surface area contributed by atoms with E-state index in [9.17, 15) is 9.18 Å². The summed E-state index contributed by atoms with van der Waals surface area (Å²) in [5, 5.41) is 6.85. The van der Waals surface area contributed by atoms with Crippen LogP contribution in [0.2, 0.25) is 0 Å². The quantitative estimate of drug-likeness (QED) is 0.807. The number of nitrogens with zero attached hydrogens (tertiary/aromatic N) is 3. The molecule has 0 radical (unpaired) electrons. The maximum Gasteiger partial charge on any atom is 0.227 e. The third-order valence-electron chi connectivity index (χ3n) is 5.18. The van der Waals surface area contributed by atoms with Gasteiger partial charge in [0.1, 0.15) is 5.82 Å². The summed E-state index contributed by atoms with van der Waals surface area (Å²) in [7, 11) is 2.15. The molecule has 146 valence electrons. The number of carbonyl (C=O) groups is 1. The fourth-order valence-corrected chi connectivity index (χ4v) is 3.28. The molecular weight excluding hydrogens is 347 g/mol. The van der Waals surface area contributed by atoms with E-state index in [0.29, 0.717) is 48.1 Å². The van der Waals surface area contributed by atoms with Crippen molar-refractivity contribution >= 4 is 5.91 Å². The van der Waals surface area contributed by atoms with Gasteiger partial charge in [-0.15, -0.1) is 0 Å². The Morgan fingerprint density at radius 3 is 2.89 bits per heavy atom. The average molecular weight is 374 g/mol. The van der Waals surface area contributed by atoms with Gasteiger partial charge in [0.25, 0.3) is 0 Å². The normalized spacial score (nSPS) is 15.8. The number of aromatic nitrogens is 2. The fourth-order valence-electron chi connectivity index (χ4n) is 3.28. The van der Waals surface area contributed by atoms with Crippen LogP contribution in [0.4, 0.5) is 4.39 Å². The molecule has 7 heteroatoms. The van der Waals surface area contributed by atoms with Crippen LogP contribution in [0.15, 0.2) is 22.7 Å². The Kier molecular flexibility index (Phi) is 6.55. The number of benzene rings is 1. The zero-order valence-electron chi connectivity index (χ0n) is 16.0. The van der Waals surface area contributed by atoms with E-state index >= 15 is 0 Å². The number of halogens is 1. The molecule has 3 rings (SSSR count). The number of hydrogen-bond acceptors (Lipinski definition) is 5. The van der Waals surface area contributed by atoms with Gasteiger partial charge in [-0.25, -0.2) is 4.39 Å². The lowest BCUT2D eigenvalue weighted by Gasteiger charge is -2.28. The second-order valence-electron chi connectivity index (χ2n) is 7.36. The van der Waals surface area contributed by atoms with Crippen molar-refractivity contribution in [1.82, 2.24) is 20.4 Å². The average Bonchev–Trinajstić information content (AvgIpc) is 3.13. The summed E-state index contributed by atoms with van der Waals surface area (Å²) in [6.07, 6.45) is 4.12. The number of likely N-dealkylation sites (tertiary alicyclic amines) is 1. The number of hydrogen-bond donors (Lipinski definition) is 1. The van der Waals surface area contributed by atoms with Crippen molar-refractivity contribution in [2.75, 3.05) is 26.7 Å². The molecule has 1 aliphatic heterocycles. The predicted octanol–water partition coefficient (Wildman–Crippen LogP) is 2.96. The zero-order chi connectivity index (χ0) is 19.2. The Balaban J connectivity index is 1.40. The van der Waals surface area contributed by atoms with Gasteiger partial charge >= 0.3 is 0 Å². The number of nitrogens with one attached hydrogen (secondary N) is 1. The van der Waals surface area contributed by atoms with E-state index in [1.807, 2.05) is 0 Å². The first-order valence-electron chi connectivity index (χ1n) is 9.55. The van der Waals surface area contributed by atoms with Crippen molar-refractivity contribution in [3.63, 3.8) is 0 Å². The maximum absolute atomic E-state index is 13.7. The van der Waals surface area contributed by atoms with Gasteiger partial charge in [-0.1, -0.05) is 17.3 Å². The molecule has 0 bridgehead atoms. The number of aryl methyl sites for hydroxylation is 2. The number of carbonyl (C=O) groups excluding carboxylic acids is 1. The summed E-state index contributed by atoms with van der Waals surface area (Å²) in [4.78, 5) is 18.6. The molecule has 27 heavy (non-hydrogen) atoms. The van der Waals surface area contributed by atoms with Gasteiger partial charge in [-0.05, 0) is 63.9 Å². The largest absolute Gasteiger partial charge is 0.356 e. The molecule has 0 saturated carbocycles. The highest BCUT2D eigenvalue weighted by molar-refractivity contribution is 5.76. The van der Waals surface area contributed by atoms with E-state index in [-0.39, 0.29) is 11.7 Å². The minimum Gasteiger partial charge on any atom is -0.356 e. The van der Waals surface area contributed by atoms with Crippen LogP contribution in [-0.2, 0) is 11.2 Å². The SMILES string of the molecule is Cc1ccc(-c2noc(CCC(=O)NCCC3CCN(C)CC3)n2)cc1F. The Morgan fingerprint density at radius 2 is 2.15 bits per heavy atom. The van der Waals surface area contributed by atoms with E-state index in [4.69, 9.17) is 4.52 Å². The minimum atomic E-state index is -0.303. The van der Waals surface area contributed by atoms with E-state index < -0.39 is 0 Å². The van der Waals surface area contributed by atoms with Crippen LogP contribution >= 0.6 is 0 Å². The predicted molar refractivity (Wildman–Crippen MR) is 101 cm³/mol. The Hall–Kier alpha value is -2.28. The fraction of sp³-hybridized carbons (Fsp3) is 0.550. The van der Waals surface area contributed by atoms with Crippen molar-refractivity contribution in [3.05, 3.63) is 35.5 Å². The molecule has 2 aromatic rings. The lowest BCUT2D eigenvalue weighted by atomic mass is 9.94. The topological polar surface area (TPSA) is 71.3 Å². The second-order valence-corrected chi connectivity index (χ2v) is 7.36. The first kappa shape index (κ1) is 19.5. The van der Waals surface area contributed by atoms with E-state index in [0.717, 1.165) is 19.5 Å². The molecule has 0 atom stereocenters. The monoisotopic (exact) mass is 374 g/mol.